The number of carbonyl (C=O) groups excluding carboxylic acids is 1. The van der Waals surface area contributed by atoms with E-state index in [1.54, 1.807) is 24.3 Å². The summed E-state index contributed by atoms with van der Waals surface area (Å²) in [6.45, 7) is 0. The summed E-state index contributed by atoms with van der Waals surface area (Å²) in [5.74, 6) is -0.231. The fourth-order valence-corrected chi connectivity index (χ4v) is 4.07. The Kier molecular flexibility index (Phi) is 4.35. The Labute approximate surface area is 122 Å². The maximum atomic E-state index is 12.9. The molecule has 1 aliphatic rings. The van der Waals surface area contributed by atoms with E-state index >= 15 is 0 Å². The van der Waals surface area contributed by atoms with E-state index in [-0.39, 0.29) is 12.2 Å². The summed E-state index contributed by atoms with van der Waals surface area (Å²) in [6.07, 6.45) is 2.33. The van der Waals surface area contributed by atoms with Gasteiger partial charge in [0.2, 0.25) is 5.34 Å². The number of rotatable bonds is 4. The molecule has 5 nitrogen and oxygen atoms in total. The van der Waals surface area contributed by atoms with Crippen LogP contribution in [0.25, 0.3) is 0 Å². The highest BCUT2D eigenvalue weighted by molar-refractivity contribution is 7.55. The molecule has 0 spiro atoms. The van der Waals surface area contributed by atoms with E-state index in [4.69, 9.17) is 25.4 Å². The first-order valence-corrected chi connectivity index (χ1v) is 7.74. The molecule has 1 aromatic carbocycles. The van der Waals surface area contributed by atoms with Crippen molar-refractivity contribution in [3.05, 3.63) is 47.2 Å². The Morgan fingerprint density at radius 1 is 1.35 bits per heavy atom. The molecule has 0 bridgehead atoms. The third kappa shape index (κ3) is 2.42. The predicted molar refractivity (Wildman–Crippen MR) is 74.6 cm³/mol. The van der Waals surface area contributed by atoms with Gasteiger partial charge in [-0.1, -0.05) is 23.7 Å². The maximum absolute atomic E-state index is 12.9. The van der Waals surface area contributed by atoms with Gasteiger partial charge in [0.15, 0.2) is 5.78 Å². The van der Waals surface area contributed by atoms with Gasteiger partial charge in [0, 0.05) is 30.9 Å². The van der Waals surface area contributed by atoms with Crippen molar-refractivity contribution in [2.75, 3.05) is 14.2 Å². The van der Waals surface area contributed by atoms with E-state index in [2.05, 4.69) is 0 Å². The standard InChI is InChI=1S/C13H14ClO5P/c1-17-20(16,18-2)13(9-12(15)6-7-19-13)10-4-3-5-11(14)8-10/h3-8H,9H2,1-2H3. The number of hydrogen-bond acceptors (Lipinski definition) is 5. The van der Waals surface area contributed by atoms with Crippen LogP contribution in [0.3, 0.4) is 0 Å². The van der Waals surface area contributed by atoms with Crippen molar-refractivity contribution in [2.24, 2.45) is 0 Å². The minimum absolute atomic E-state index is 0.150. The average molecular weight is 317 g/mol. The van der Waals surface area contributed by atoms with Gasteiger partial charge in [0.1, 0.15) is 0 Å². The normalized spacial score (nSPS) is 22.6. The van der Waals surface area contributed by atoms with Crippen LogP contribution in [0.5, 0.6) is 0 Å². The van der Waals surface area contributed by atoms with Gasteiger partial charge in [0.25, 0.3) is 0 Å². The van der Waals surface area contributed by atoms with Crippen LogP contribution in [0.2, 0.25) is 5.02 Å². The smallest absolute Gasteiger partial charge is 0.378 e. The first kappa shape index (κ1) is 15.3. The van der Waals surface area contributed by atoms with Crippen molar-refractivity contribution in [3.63, 3.8) is 0 Å². The molecule has 0 saturated heterocycles. The summed E-state index contributed by atoms with van der Waals surface area (Å²) < 4.78 is 28.5. The summed E-state index contributed by atoms with van der Waals surface area (Å²) in [7, 11) is -1.21. The second kappa shape index (κ2) is 5.70. The largest absolute Gasteiger partial charge is 0.477 e. The lowest BCUT2D eigenvalue weighted by molar-refractivity contribution is -0.120. The summed E-state index contributed by atoms with van der Waals surface area (Å²) in [5.41, 5.74) is 0.467. The number of halogens is 1. The number of ether oxygens (including phenoxy) is 1. The zero-order chi connectivity index (χ0) is 14.8. The highest BCUT2D eigenvalue weighted by Crippen LogP contribution is 2.67. The molecule has 2 rings (SSSR count). The van der Waals surface area contributed by atoms with Gasteiger partial charge in [-0.2, -0.15) is 0 Å². The number of allylic oxidation sites excluding steroid dienone is 1. The number of ketones is 1. The highest BCUT2D eigenvalue weighted by atomic mass is 35.5. The Balaban J connectivity index is 2.64. The molecular formula is C13H14ClO5P. The number of benzene rings is 1. The Bertz CT molecular complexity index is 592. The van der Waals surface area contributed by atoms with Crippen molar-refractivity contribution < 1.29 is 23.1 Å². The van der Waals surface area contributed by atoms with E-state index in [9.17, 15) is 9.36 Å². The van der Waals surface area contributed by atoms with Crippen molar-refractivity contribution in [2.45, 2.75) is 11.8 Å². The van der Waals surface area contributed by atoms with Crippen LogP contribution >= 0.6 is 19.2 Å². The first-order valence-electron chi connectivity index (χ1n) is 5.82. The number of carbonyl (C=O) groups is 1. The monoisotopic (exact) mass is 316 g/mol. The topological polar surface area (TPSA) is 61.8 Å². The van der Waals surface area contributed by atoms with Gasteiger partial charge in [-0.25, -0.2) is 0 Å². The molecule has 108 valence electrons. The molecule has 1 atom stereocenters. The third-order valence-corrected chi connectivity index (χ3v) is 5.73. The summed E-state index contributed by atoms with van der Waals surface area (Å²) >= 11 is 5.97. The van der Waals surface area contributed by atoms with E-state index in [0.29, 0.717) is 10.6 Å². The average Bonchev–Trinajstić information content (AvgIpc) is 2.46. The minimum atomic E-state index is -3.72. The van der Waals surface area contributed by atoms with Crippen molar-refractivity contribution in [1.29, 1.82) is 0 Å². The van der Waals surface area contributed by atoms with Crippen molar-refractivity contribution >= 4 is 25.0 Å². The molecule has 0 amide bonds. The summed E-state index contributed by atoms with van der Waals surface area (Å²) in [4.78, 5) is 11.8. The quantitative estimate of drug-likeness (QED) is 0.796. The third-order valence-electron chi connectivity index (χ3n) is 3.13. The SMILES string of the molecule is COP(=O)(OC)C1(c2cccc(Cl)c2)CC(=O)C=CO1. The van der Waals surface area contributed by atoms with Gasteiger partial charge in [-0.3, -0.25) is 9.36 Å². The lowest BCUT2D eigenvalue weighted by Crippen LogP contribution is -2.34. The van der Waals surface area contributed by atoms with Crippen LogP contribution in [0.15, 0.2) is 36.6 Å². The van der Waals surface area contributed by atoms with Crippen LogP contribution < -0.4 is 0 Å². The van der Waals surface area contributed by atoms with Crippen LogP contribution in [0.1, 0.15) is 12.0 Å². The van der Waals surface area contributed by atoms with Crippen molar-refractivity contribution in [3.8, 4) is 0 Å². The maximum Gasteiger partial charge on any atom is 0.378 e. The molecule has 0 aliphatic carbocycles. The van der Waals surface area contributed by atoms with Gasteiger partial charge < -0.3 is 13.8 Å². The first-order chi connectivity index (χ1) is 9.47. The molecule has 1 heterocycles. The summed E-state index contributed by atoms with van der Waals surface area (Å²) in [6, 6.07) is 6.60. The predicted octanol–water partition coefficient (Wildman–Crippen LogP) is 3.48. The van der Waals surface area contributed by atoms with Gasteiger partial charge in [0.05, 0.1) is 12.7 Å². The molecule has 0 radical (unpaired) electrons. The highest BCUT2D eigenvalue weighted by Gasteiger charge is 2.55. The zero-order valence-electron chi connectivity index (χ0n) is 11.0. The van der Waals surface area contributed by atoms with Gasteiger partial charge in [-0.15, -0.1) is 0 Å². The van der Waals surface area contributed by atoms with E-state index in [0.717, 1.165) is 0 Å². The van der Waals surface area contributed by atoms with Crippen LogP contribution in [0, 0.1) is 0 Å². The van der Waals surface area contributed by atoms with E-state index in [1.807, 2.05) is 0 Å². The molecule has 7 heteroatoms. The minimum Gasteiger partial charge on any atom is -0.477 e. The van der Waals surface area contributed by atoms with Gasteiger partial charge in [-0.05, 0) is 12.1 Å². The Hall–Kier alpha value is -1.13. The molecular weight excluding hydrogens is 303 g/mol. The van der Waals surface area contributed by atoms with E-state index in [1.165, 1.54) is 26.6 Å². The van der Waals surface area contributed by atoms with Crippen LogP contribution in [0.4, 0.5) is 0 Å². The van der Waals surface area contributed by atoms with Crippen LogP contribution in [-0.4, -0.2) is 20.0 Å². The Morgan fingerprint density at radius 3 is 2.60 bits per heavy atom. The molecule has 0 saturated carbocycles. The molecule has 0 N–H and O–H groups in total. The lowest BCUT2D eigenvalue weighted by Gasteiger charge is -2.38. The van der Waals surface area contributed by atoms with E-state index < -0.39 is 12.9 Å². The van der Waals surface area contributed by atoms with Crippen molar-refractivity contribution in [1.82, 2.24) is 0 Å². The van der Waals surface area contributed by atoms with Gasteiger partial charge >= 0.3 is 7.60 Å². The fraction of sp³-hybridized carbons (Fsp3) is 0.308. The van der Waals surface area contributed by atoms with Crippen LogP contribution in [-0.2, 0) is 28.5 Å². The fourth-order valence-electron chi connectivity index (χ4n) is 2.15. The number of hydrogen-bond donors (Lipinski definition) is 0. The second-order valence-corrected chi connectivity index (χ2v) is 7.11. The molecule has 0 fully saturated rings. The Morgan fingerprint density at radius 2 is 2.05 bits per heavy atom. The lowest BCUT2D eigenvalue weighted by atomic mass is 10.0. The second-order valence-electron chi connectivity index (χ2n) is 4.22. The zero-order valence-corrected chi connectivity index (χ0v) is 12.7. The molecule has 1 aromatic rings. The molecule has 1 unspecified atom stereocenters. The molecule has 1 aliphatic heterocycles. The molecule has 0 aromatic heterocycles. The molecule has 20 heavy (non-hydrogen) atoms. The summed E-state index contributed by atoms with van der Waals surface area (Å²) in [5, 5.41) is -1.08.